The minimum absolute atomic E-state index is 0.0678. The molecule has 1 saturated heterocycles. The Kier molecular flexibility index (Phi) is 3.58. The van der Waals surface area contributed by atoms with E-state index in [-0.39, 0.29) is 11.3 Å². The fraction of sp³-hybridized carbons (Fsp3) is 0.364. The third-order valence-electron chi connectivity index (χ3n) is 2.82. The normalized spacial score (nSPS) is 16.3. The third kappa shape index (κ3) is 2.49. The van der Waals surface area contributed by atoms with Crippen LogP contribution < -0.4 is 4.90 Å². The van der Waals surface area contributed by atoms with E-state index in [0.29, 0.717) is 30.3 Å². The van der Waals surface area contributed by atoms with Crippen LogP contribution in [0.4, 0.5) is 11.4 Å². The summed E-state index contributed by atoms with van der Waals surface area (Å²) in [6.45, 7) is 1.08. The topological polar surface area (TPSA) is 87.2 Å². The highest BCUT2D eigenvalue weighted by Crippen LogP contribution is 2.29. The summed E-state index contributed by atoms with van der Waals surface area (Å²) < 4.78 is 11.3. The predicted molar refractivity (Wildman–Crippen MR) is 67.9 cm³/mol. The SMILES string of the molecule is N#Cc1ccc(N2CCS(=O)CC2)c([N+](=O)[O-])c1. The second kappa shape index (κ2) is 5.14. The first-order valence-electron chi connectivity index (χ1n) is 5.40. The highest BCUT2D eigenvalue weighted by molar-refractivity contribution is 7.85. The van der Waals surface area contributed by atoms with E-state index < -0.39 is 15.7 Å². The van der Waals surface area contributed by atoms with E-state index in [2.05, 4.69) is 0 Å². The summed E-state index contributed by atoms with van der Waals surface area (Å²) in [6.07, 6.45) is 0. The van der Waals surface area contributed by atoms with Gasteiger partial charge in [0.1, 0.15) is 5.69 Å². The van der Waals surface area contributed by atoms with E-state index in [9.17, 15) is 14.3 Å². The van der Waals surface area contributed by atoms with E-state index in [1.54, 1.807) is 12.1 Å². The van der Waals surface area contributed by atoms with Crippen LogP contribution in [-0.2, 0) is 10.8 Å². The molecule has 1 aliphatic heterocycles. The van der Waals surface area contributed by atoms with Gasteiger partial charge in [-0.2, -0.15) is 5.26 Å². The van der Waals surface area contributed by atoms with Crippen LogP contribution in [0.1, 0.15) is 5.56 Å². The first kappa shape index (κ1) is 12.5. The van der Waals surface area contributed by atoms with Gasteiger partial charge in [-0.05, 0) is 12.1 Å². The van der Waals surface area contributed by atoms with Crippen LogP contribution in [0.5, 0.6) is 0 Å². The Morgan fingerprint density at radius 2 is 2.06 bits per heavy atom. The molecular formula is C11H11N3O3S. The zero-order valence-corrected chi connectivity index (χ0v) is 10.4. The zero-order valence-electron chi connectivity index (χ0n) is 9.54. The van der Waals surface area contributed by atoms with Crippen molar-refractivity contribution in [2.24, 2.45) is 0 Å². The van der Waals surface area contributed by atoms with Crippen molar-refractivity contribution in [2.45, 2.75) is 0 Å². The number of anilines is 1. The Morgan fingerprint density at radius 3 is 2.61 bits per heavy atom. The molecule has 1 aromatic rings. The highest BCUT2D eigenvalue weighted by Gasteiger charge is 2.23. The Labute approximate surface area is 106 Å². The number of rotatable bonds is 2. The molecule has 0 unspecified atom stereocenters. The summed E-state index contributed by atoms with van der Waals surface area (Å²) in [4.78, 5) is 12.4. The largest absolute Gasteiger partial charge is 0.364 e. The van der Waals surface area contributed by atoms with Crippen LogP contribution in [0.3, 0.4) is 0 Å². The minimum Gasteiger partial charge on any atom is -0.364 e. The van der Waals surface area contributed by atoms with Crippen molar-refractivity contribution in [3.63, 3.8) is 0 Å². The van der Waals surface area contributed by atoms with Crippen molar-refractivity contribution in [3.8, 4) is 6.07 Å². The van der Waals surface area contributed by atoms with Crippen LogP contribution in [0.25, 0.3) is 0 Å². The molecule has 0 atom stereocenters. The summed E-state index contributed by atoms with van der Waals surface area (Å²) in [5.74, 6) is 1.05. The quantitative estimate of drug-likeness (QED) is 0.589. The maximum atomic E-state index is 11.3. The predicted octanol–water partition coefficient (Wildman–Crippen LogP) is 1.04. The summed E-state index contributed by atoms with van der Waals surface area (Å²) in [5, 5.41) is 19.8. The second-order valence-corrected chi connectivity index (χ2v) is 5.60. The summed E-state index contributed by atoms with van der Waals surface area (Å²) in [7, 11) is -0.822. The van der Waals surface area contributed by atoms with Crippen LogP contribution in [0.2, 0.25) is 0 Å². The van der Waals surface area contributed by atoms with Crippen molar-refractivity contribution >= 4 is 22.2 Å². The molecule has 18 heavy (non-hydrogen) atoms. The molecule has 0 aromatic heterocycles. The average molecular weight is 265 g/mol. The lowest BCUT2D eigenvalue weighted by atomic mass is 10.1. The molecule has 7 heteroatoms. The molecule has 1 heterocycles. The van der Waals surface area contributed by atoms with Crippen molar-refractivity contribution in [1.29, 1.82) is 5.26 Å². The standard InChI is InChI=1S/C11H11N3O3S/c12-8-9-1-2-10(11(7-9)14(15)16)13-3-5-18(17)6-4-13/h1-2,7H,3-6H2. The van der Waals surface area contributed by atoms with Gasteiger partial charge in [-0.15, -0.1) is 0 Å². The van der Waals surface area contributed by atoms with Crippen LogP contribution in [-0.4, -0.2) is 33.7 Å². The molecule has 0 amide bonds. The lowest BCUT2D eigenvalue weighted by Gasteiger charge is -2.27. The molecule has 1 fully saturated rings. The van der Waals surface area contributed by atoms with Gasteiger partial charge in [0.2, 0.25) is 0 Å². The Hall–Kier alpha value is -1.94. The van der Waals surface area contributed by atoms with Crippen LogP contribution in [0, 0.1) is 21.4 Å². The number of hydrogen-bond donors (Lipinski definition) is 0. The van der Waals surface area contributed by atoms with Gasteiger partial charge in [0.25, 0.3) is 5.69 Å². The van der Waals surface area contributed by atoms with Gasteiger partial charge in [0, 0.05) is 41.5 Å². The number of nitrogens with zero attached hydrogens (tertiary/aromatic N) is 3. The molecular weight excluding hydrogens is 254 g/mol. The Morgan fingerprint density at radius 1 is 1.39 bits per heavy atom. The first-order valence-corrected chi connectivity index (χ1v) is 6.89. The number of nitro benzene ring substituents is 1. The van der Waals surface area contributed by atoms with E-state index in [1.165, 1.54) is 6.07 Å². The van der Waals surface area contributed by atoms with Crippen molar-refractivity contribution in [1.82, 2.24) is 0 Å². The molecule has 6 nitrogen and oxygen atoms in total. The average Bonchev–Trinajstić information content (AvgIpc) is 2.39. The molecule has 1 aliphatic rings. The molecule has 94 valence electrons. The van der Waals surface area contributed by atoms with Gasteiger partial charge in [-0.3, -0.25) is 14.3 Å². The van der Waals surface area contributed by atoms with Gasteiger partial charge >= 0.3 is 0 Å². The lowest BCUT2D eigenvalue weighted by Crippen LogP contribution is -2.38. The lowest BCUT2D eigenvalue weighted by molar-refractivity contribution is -0.384. The van der Waals surface area contributed by atoms with E-state index in [0.717, 1.165) is 0 Å². The van der Waals surface area contributed by atoms with Crippen molar-refractivity contribution < 1.29 is 9.13 Å². The summed E-state index contributed by atoms with van der Waals surface area (Å²) >= 11 is 0. The monoisotopic (exact) mass is 265 g/mol. The molecule has 0 bridgehead atoms. The summed E-state index contributed by atoms with van der Waals surface area (Å²) in [5.41, 5.74) is 0.698. The number of nitriles is 1. The smallest absolute Gasteiger partial charge is 0.293 e. The number of nitro groups is 1. The Balaban J connectivity index is 2.35. The highest BCUT2D eigenvalue weighted by atomic mass is 32.2. The van der Waals surface area contributed by atoms with Crippen molar-refractivity contribution in [2.75, 3.05) is 29.5 Å². The van der Waals surface area contributed by atoms with Gasteiger partial charge in [-0.25, -0.2) is 0 Å². The molecule has 0 radical (unpaired) electrons. The molecule has 0 spiro atoms. The van der Waals surface area contributed by atoms with E-state index in [1.807, 2.05) is 11.0 Å². The number of benzene rings is 1. The molecule has 0 saturated carbocycles. The van der Waals surface area contributed by atoms with E-state index >= 15 is 0 Å². The van der Waals surface area contributed by atoms with Crippen molar-refractivity contribution in [3.05, 3.63) is 33.9 Å². The number of hydrogen-bond acceptors (Lipinski definition) is 5. The first-order chi connectivity index (χ1) is 8.61. The minimum atomic E-state index is -0.822. The van der Waals surface area contributed by atoms with Gasteiger partial charge in [0.15, 0.2) is 0 Å². The second-order valence-electron chi connectivity index (χ2n) is 3.91. The Bertz CT molecular complexity index is 543. The maximum Gasteiger partial charge on any atom is 0.293 e. The zero-order chi connectivity index (χ0) is 13.1. The van der Waals surface area contributed by atoms with Gasteiger partial charge < -0.3 is 4.90 Å². The third-order valence-corrected chi connectivity index (χ3v) is 4.10. The fourth-order valence-electron chi connectivity index (χ4n) is 1.89. The molecule has 0 aliphatic carbocycles. The van der Waals surface area contributed by atoms with E-state index in [4.69, 9.17) is 5.26 Å². The molecule has 1 aromatic carbocycles. The van der Waals surface area contributed by atoms with Gasteiger partial charge in [-0.1, -0.05) is 0 Å². The fourth-order valence-corrected chi connectivity index (χ4v) is 2.94. The summed E-state index contributed by atoms with van der Waals surface area (Å²) in [6, 6.07) is 6.32. The maximum absolute atomic E-state index is 11.3. The van der Waals surface area contributed by atoms with Crippen LogP contribution in [0.15, 0.2) is 18.2 Å². The van der Waals surface area contributed by atoms with Crippen LogP contribution >= 0.6 is 0 Å². The van der Waals surface area contributed by atoms with Gasteiger partial charge in [0.05, 0.1) is 16.6 Å². The molecule has 0 N–H and O–H groups in total. The molecule has 2 rings (SSSR count).